The number of rotatable bonds is 3. The molecule has 0 radical (unpaired) electrons. The first kappa shape index (κ1) is 13.8. The number of Topliss-reactive ketones (excluding diaryl/α,β-unsaturated/α-hetero) is 1. The van der Waals surface area contributed by atoms with Gasteiger partial charge in [-0.1, -0.05) is 17.7 Å². The summed E-state index contributed by atoms with van der Waals surface area (Å²) in [6.07, 6.45) is 1.33. The molecule has 1 N–H and O–H groups in total. The van der Waals surface area contributed by atoms with E-state index < -0.39 is 11.6 Å². The van der Waals surface area contributed by atoms with Gasteiger partial charge in [0.05, 0.1) is 0 Å². The van der Waals surface area contributed by atoms with Crippen LogP contribution in [0.4, 0.5) is 8.78 Å². The van der Waals surface area contributed by atoms with Crippen molar-refractivity contribution in [2.45, 2.75) is 6.42 Å². The maximum atomic E-state index is 13.7. The van der Waals surface area contributed by atoms with Crippen molar-refractivity contribution in [2.24, 2.45) is 0 Å². The third kappa shape index (κ3) is 2.54. The van der Waals surface area contributed by atoms with Gasteiger partial charge in [0.25, 0.3) is 0 Å². The van der Waals surface area contributed by atoms with Crippen molar-refractivity contribution in [3.63, 3.8) is 0 Å². The normalized spacial score (nSPS) is 11.0. The van der Waals surface area contributed by atoms with E-state index in [1.807, 2.05) is 0 Å². The SMILES string of the molecule is O=C(Cc1c(F)cccc1Cl)c1c[nH]c2ccc(F)cc12. The number of aromatic amines is 1. The second kappa shape index (κ2) is 5.30. The van der Waals surface area contributed by atoms with Crippen LogP contribution in [0.5, 0.6) is 0 Å². The van der Waals surface area contributed by atoms with Gasteiger partial charge in [-0.2, -0.15) is 0 Å². The van der Waals surface area contributed by atoms with Crippen LogP contribution in [0.3, 0.4) is 0 Å². The Kier molecular flexibility index (Phi) is 3.47. The summed E-state index contributed by atoms with van der Waals surface area (Å²) in [5.41, 5.74) is 1.12. The molecule has 3 aromatic rings. The molecule has 0 atom stereocenters. The van der Waals surface area contributed by atoms with Crippen LogP contribution >= 0.6 is 11.6 Å². The molecule has 2 nitrogen and oxygen atoms in total. The van der Waals surface area contributed by atoms with E-state index in [0.29, 0.717) is 16.5 Å². The van der Waals surface area contributed by atoms with Gasteiger partial charge < -0.3 is 4.98 Å². The lowest BCUT2D eigenvalue weighted by molar-refractivity contribution is 0.0993. The Hall–Kier alpha value is -2.20. The maximum absolute atomic E-state index is 13.7. The Labute approximate surface area is 124 Å². The first-order chi connectivity index (χ1) is 10.1. The highest BCUT2D eigenvalue weighted by Gasteiger charge is 2.17. The molecule has 0 aliphatic heterocycles. The van der Waals surface area contributed by atoms with Gasteiger partial charge >= 0.3 is 0 Å². The molecule has 0 aliphatic carbocycles. The smallest absolute Gasteiger partial charge is 0.169 e. The van der Waals surface area contributed by atoms with Crippen molar-refractivity contribution in [2.75, 3.05) is 0 Å². The molecular weight excluding hydrogens is 296 g/mol. The average molecular weight is 306 g/mol. The van der Waals surface area contributed by atoms with Crippen molar-refractivity contribution in [3.8, 4) is 0 Å². The fourth-order valence-electron chi connectivity index (χ4n) is 2.28. The summed E-state index contributed by atoms with van der Waals surface area (Å²) in [4.78, 5) is 15.2. The lowest BCUT2D eigenvalue weighted by Crippen LogP contribution is -2.05. The predicted molar refractivity (Wildman–Crippen MR) is 77.7 cm³/mol. The summed E-state index contributed by atoms with van der Waals surface area (Å²) in [6, 6.07) is 8.40. The average Bonchev–Trinajstić information content (AvgIpc) is 2.86. The number of halogens is 3. The van der Waals surface area contributed by atoms with E-state index in [0.717, 1.165) is 0 Å². The standard InChI is InChI=1S/C16H10ClF2NO/c17-13-2-1-3-14(19)11(13)7-16(21)12-8-20-15-5-4-9(18)6-10(12)15/h1-6,8,20H,7H2. The number of hydrogen-bond donors (Lipinski definition) is 1. The monoisotopic (exact) mass is 305 g/mol. The van der Waals surface area contributed by atoms with Gasteiger partial charge in [-0.15, -0.1) is 0 Å². The van der Waals surface area contributed by atoms with Crippen LogP contribution in [-0.2, 0) is 6.42 Å². The minimum atomic E-state index is -0.526. The zero-order valence-electron chi connectivity index (χ0n) is 10.8. The number of carbonyl (C=O) groups is 1. The molecule has 2 aromatic carbocycles. The van der Waals surface area contributed by atoms with Crippen molar-refractivity contribution >= 4 is 28.3 Å². The molecule has 0 fully saturated rings. The van der Waals surface area contributed by atoms with E-state index in [9.17, 15) is 13.6 Å². The molecule has 0 bridgehead atoms. The van der Waals surface area contributed by atoms with Crippen LogP contribution in [0, 0.1) is 11.6 Å². The molecule has 1 aromatic heterocycles. The van der Waals surface area contributed by atoms with E-state index in [2.05, 4.69) is 4.98 Å². The van der Waals surface area contributed by atoms with E-state index in [-0.39, 0.29) is 22.8 Å². The fraction of sp³-hybridized carbons (Fsp3) is 0.0625. The van der Waals surface area contributed by atoms with Gasteiger partial charge in [-0.25, -0.2) is 8.78 Å². The van der Waals surface area contributed by atoms with Crippen LogP contribution in [0.25, 0.3) is 10.9 Å². The molecule has 0 amide bonds. The van der Waals surface area contributed by atoms with Gasteiger partial charge in [0.15, 0.2) is 5.78 Å². The lowest BCUT2D eigenvalue weighted by Gasteiger charge is -2.04. The molecule has 0 saturated heterocycles. The molecule has 0 aliphatic rings. The number of fused-ring (bicyclic) bond motifs is 1. The van der Waals surface area contributed by atoms with Crippen molar-refractivity contribution < 1.29 is 13.6 Å². The minimum absolute atomic E-state index is 0.148. The van der Waals surface area contributed by atoms with Crippen LogP contribution in [0.2, 0.25) is 5.02 Å². The minimum Gasteiger partial charge on any atom is -0.360 e. The van der Waals surface area contributed by atoms with Gasteiger partial charge in [0.2, 0.25) is 0 Å². The second-order valence-corrected chi connectivity index (χ2v) is 5.10. The Morgan fingerprint density at radius 3 is 2.76 bits per heavy atom. The Morgan fingerprint density at radius 1 is 1.19 bits per heavy atom. The molecular formula is C16H10ClF2NO. The first-order valence-electron chi connectivity index (χ1n) is 6.29. The summed E-state index contributed by atoms with van der Waals surface area (Å²) in [5, 5.41) is 0.682. The third-order valence-electron chi connectivity index (χ3n) is 3.34. The summed E-state index contributed by atoms with van der Waals surface area (Å²) in [5.74, 6) is -1.28. The maximum Gasteiger partial charge on any atom is 0.169 e. The molecule has 0 spiro atoms. The summed E-state index contributed by atoms with van der Waals surface area (Å²) in [7, 11) is 0. The van der Waals surface area contributed by atoms with Gasteiger partial charge in [-0.05, 0) is 30.3 Å². The van der Waals surface area contributed by atoms with E-state index in [4.69, 9.17) is 11.6 Å². The van der Waals surface area contributed by atoms with Crippen molar-refractivity contribution in [3.05, 3.63) is 70.4 Å². The number of ketones is 1. The highest BCUT2D eigenvalue weighted by Crippen LogP contribution is 2.24. The van der Waals surface area contributed by atoms with Crippen LogP contribution in [0.15, 0.2) is 42.6 Å². The molecule has 0 saturated carbocycles. The van der Waals surface area contributed by atoms with Crippen LogP contribution in [0.1, 0.15) is 15.9 Å². The highest BCUT2D eigenvalue weighted by atomic mass is 35.5. The number of aromatic nitrogens is 1. The molecule has 21 heavy (non-hydrogen) atoms. The predicted octanol–water partition coefficient (Wildman–Crippen LogP) is 4.52. The quantitative estimate of drug-likeness (QED) is 0.709. The molecule has 3 rings (SSSR count). The number of hydrogen-bond acceptors (Lipinski definition) is 1. The first-order valence-corrected chi connectivity index (χ1v) is 6.67. The number of nitrogens with one attached hydrogen (secondary N) is 1. The Morgan fingerprint density at radius 2 is 2.00 bits per heavy atom. The summed E-state index contributed by atoms with van der Waals surface area (Å²) in [6.45, 7) is 0. The summed E-state index contributed by atoms with van der Waals surface area (Å²) < 4.78 is 27.0. The zero-order chi connectivity index (χ0) is 15.0. The summed E-state index contributed by atoms with van der Waals surface area (Å²) >= 11 is 5.92. The van der Waals surface area contributed by atoms with Gasteiger partial charge in [-0.3, -0.25) is 4.79 Å². The van der Waals surface area contributed by atoms with Gasteiger partial charge in [0, 0.05) is 39.7 Å². The van der Waals surface area contributed by atoms with E-state index >= 15 is 0 Å². The molecule has 1 heterocycles. The van der Waals surface area contributed by atoms with Crippen molar-refractivity contribution in [1.29, 1.82) is 0 Å². The highest BCUT2D eigenvalue weighted by molar-refractivity contribution is 6.31. The van der Waals surface area contributed by atoms with E-state index in [1.165, 1.54) is 36.5 Å². The van der Waals surface area contributed by atoms with Crippen LogP contribution < -0.4 is 0 Å². The van der Waals surface area contributed by atoms with Crippen LogP contribution in [-0.4, -0.2) is 10.8 Å². The Balaban J connectivity index is 2.00. The Bertz CT molecular complexity index is 821. The number of benzene rings is 2. The number of H-pyrrole nitrogens is 1. The zero-order valence-corrected chi connectivity index (χ0v) is 11.5. The molecule has 0 unspecified atom stereocenters. The largest absolute Gasteiger partial charge is 0.360 e. The second-order valence-electron chi connectivity index (χ2n) is 4.69. The number of carbonyl (C=O) groups excluding carboxylic acids is 1. The molecule has 106 valence electrons. The topological polar surface area (TPSA) is 32.9 Å². The van der Waals surface area contributed by atoms with Crippen molar-refractivity contribution in [1.82, 2.24) is 4.98 Å². The molecule has 5 heteroatoms. The fourth-order valence-corrected chi connectivity index (χ4v) is 2.51. The third-order valence-corrected chi connectivity index (χ3v) is 3.70. The van der Waals surface area contributed by atoms with E-state index in [1.54, 1.807) is 6.07 Å². The lowest BCUT2D eigenvalue weighted by atomic mass is 10.0. The van der Waals surface area contributed by atoms with Gasteiger partial charge in [0.1, 0.15) is 11.6 Å².